The SMILES string of the molecule is NC(=O)COc1ccc(C(=O)OCc2nnc(-c3ccccc3)o2)cc1. The van der Waals surface area contributed by atoms with Gasteiger partial charge in [0.05, 0.1) is 5.56 Å². The molecule has 1 heterocycles. The van der Waals surface area contributed by atoms with Gasteiger partial charge >= 0.3 is 5.97 Å². The average molecular weight is 353 g/mol. The number of benzene rings is 2. The van der Waals surface area contributed by atoms with Crippen molar-refractivity contribution in [2.24, 2.45) is 5.73 Å². The number of aromatic nitrogens is 2. The number of rotatable bonds is 7. The molecule has 1 aromatic heterocycles. The van der Waals surface area contributed by atoms with Crippen LogP contribution in [0.15, 0.2) is 59.0 Å². The first-order chi connectivity index (χ1) is 12.6. The van der Waals surface area contributed by atoms with Crippen LogP contribution in [0.2, 0.25) is 0 Å². The summed E-state index contributed by atoms with van der Waals surface area (Å²) in [6.45, 7) is -0.372. The molecular formula is C18H15N3O5. The third-order valence-electron chi connectivity index (χ3n) is 3.29. The number of carbonyl (C=O) groups is 2. The molecule has 26 heavy (non-hydrogen) atoms. The number of primary amides is 1. The molecule has 3 aromatic rings. The van der Waals surface area contributed by atoms with Gasteiger partial charge in [-0.15, -0.1) is 10.2 Å². The summed E-state index contributed by atoms with van der Waals surface area (Å²) in [5.74, 6) is -0.162. The molecule has 1 amide bonds. The Balaban J connectivity index is 1.55. The molecule has 0 aliphatic carbocycles. The lowest BCUT2D eigenvalue weighted by molar-refractivity contribution is -0.119. The Morgan fingerprint density at radius 1 is 1.00 bits per heavy atom. The highest BCUT2D eigenvalue weighted by Crippen LogP contribution is 2.18. The topological polar surface area (TPSA) is 118 Å². The first-order valence-corrected chi connectivity index (χ1v) is 7.68. The zero-order valence-electron chi connectivity index (χ0n) is 13.6. The number of hydrogen-bond donors (Lipinski definition) is 1. The van der Waals surface area contributed by atoms with Gasteiger partial charge < -0.3 is 19.6 Å². The van der Waals surface area contributed by atoms with E-state index in [1.807, 2.05) is 30.3 Å². The number of carbonyl (C=O) groups excluding carboxylic acids is 2. The average Bonchev–Trinajstić information content (AvgIpc) is 3.14. The van der Waals surface area contributed by atoms with Gasteiger partial charge in [0.2, 0.25) is 5.89 Å². The first kappa shape index (κ1) is 17.2. The minimum Gasteiger partial charge on any atom is -0.484 e. The fourth-order valence-corrected chi connectivity index (χ4v) is 2.06. The summed E-state index contributed by atoms with van der Waals surface area (Å²) in [7, 11) is 0. The number of nitrogens with two attached hydrogens (primary N) is 1. The summed E-state index contributed by atoms with van der Waals surface area (Å²) < 4.78 is 15.7. The van der Waals surface area contributed by atoms with Crippen LogP contribution >= 0.6 is 0 Å². The zero-order chi connectivity index (χ0) is 18.4. The summed E-state index contributed by atoms with van der Waals surface area (Å²) in [4.78, 5) is 22.7. The zero-order valence-corrected chi connectivity index (χ0v) is 13.6. The molecule has 0 unspecified atom stereocenters. The summed E-state index contributed by atoms with van der Waals surface area (Å²) in [5, 5.41) is 7.78. The van der Waals surface area contributed by atoms with E-state index in [-0.39, 0.29) is 19.1 Å². The molecule has 0 radical (unpaired) electrons. The second-order valence-corrected chi connectivity index (χ2v) is 5.22. The van der Waals surface area contributed by atoms with Crippen molar-refractivity contribution < 1.29 is 23.5 Å². The van der Waals surface area contributed by atoms with Gasteiger partial charge in [0, 0.05) is 5.56 Å². The van der Waals surface area contributed by atoms with Gasteiger partial charge in [0.15, 0.2) is 13.2 Å². The number of nitrogens with zero attached hydrogens (tertiary/aromatic N) is 2. The molecule has 0 atom stereocenters. The molecule has 0 fully saturated rings. The number of hydrogen-bond acceptors (Lipinski definition) is 7. The van der Waals surface area contributed by atoms with Crippen molar-refractivity contribution in [3.63, 3.8) is 0 Å². The third kappa shape index (κ3) is 4.44. The fourth-order valence-electron chi connectivity index (χ4n) is 2.06. The van der Waals surface area contributed by atoms with Crippen LogP contribution in [0.5, 0.6) is 5.75 Å². The predicted molar refractivity (Wildman–Crippen MR) is 90.0 cm³/mol. The van der Waals surface area contributed by atoms with E-state index in [4.69, 9.17) is 19.6 Å². The van der Waals surface area contributed by atoms with E-state index in [0.29, 0.717) is 17.2 Å². The van der Waals surface area contributed by atoms with Crippen molar-refractivity contribution in [3.05, 3.63) is 66.1 Å². The van der Waals surface area contributed by atoms with E-state index >= 15 is 0 Å². The molecule has 132 valence electrons. The summed E-state index contributed by atoms with van der Waals surface area (Å²) in [6, 6.07) is 15.4. The van der Waals surface area contributed by atoms with Crippen molar-refractivity contribution in [1.82, 2.24) is 10.2 Å². The summed E-state index contributed by atoms with van der Waals surface area (Å²) in [6.07, 6.45) is 0. The van der Waals surface area contributed by atoms with Crippen LogP contribution in [-0.4, -0.2) is 28.7 Å². The molecule has 0 aliphatic heterocycles. The van der Waals surface area contributed by atoms with E-state index in [2.05, 4.69) is 10.2 Å². The van der Waals surface area contributed by atoms with Crippen LogP contribution < -0.4 is 10.5 Å². The standard InChI is InChI=1S/C18H15N3O5/c19-15(22)10-24-14-8-6-13(7-9-14)18(23)25-11-16-20-21-17(26-16)12-4-2-1-3-5-12/h1-9H,10-11H2,(H2,19,22). The van der Waals surface area contributed by atoms with E-state index in [1.54, 1.807) is 12.1 Å². The number of amides is 1. The van der Waals surface area contributed by atoms with Gasteiger partial charge in [-0.1, -0.05) is 18.2 Å². The normalized spacial score (nSPS) is 10.3. The largest absolute Gasteiger partial charge is 0.484 e. The van der Waals surface area contributed by atoms with Gasteiger partial charge in [-0.25, -0.2) is 4.79 Å². The lowest BCUT2D eigenvalue weighted by atomic mass is 10.2. The Bertz CT molecular complexity index is 891. The Kier molecular flexibility index (Phi) is 5.23. The van der Waals surface area contributed by atoms with Crippen LogP contribution in [0, 0.1) is 0 Å². The fraction of sp³-hybridized carbons (Fsp3) is 0.111. The molecule has 0 bridgehead atoms. The number of esters is 1. The van der Waals surface area contributed by atoms with Crippen LogP contribution in [-0.2, 0) is 16.1 Å². The molecule has 3 rings (SSSR count). The molecule has 2 aromatic carbocycles. The Morgan fingerprint density at radius 2 is 1.73 bits per heavy atom. The lowest BCUT2D eigenvalue weighted by Gasteiger charge is -2.05. The predicted octanol–water partition coefficient (Wildman–Crippen LogP) is 1.96. The van der Waals surface area contributed by atoms with Crippen LogP contribution in [0.1, 0.15) is 16.2 Å². The third-order valence-corrected chi connectivity index (χ3v) is 3.29. The maximum atomic E-state index is 12.0. The maximum Gasteiger partial charge on any atom is 0.338 e. The molecule has 0 saturated heterocycles. The Hall–Kier alpha value is -3.68. The highest BCUT2D eigenvalue weighted by Gasteiger charge is 2.12. The minimum atomic E-state index is -0.581. The van der Waals surface area contributed by atoms with E-state index in [0.717, 1.165) is 5.56 Å². The highest BCUT2D eigenvalue weighted by molar-refractivity contribution is 5.89. The second-order valence-electron chi connectivity index (χ2n) is 5.22. The smallest absolute Gasteiger partial charge is 0.338 e. The number of ether oxygens (including phenoxy) is 2. The molecule has 8 nitrogen and oxygen atoms in total. The monoisotopic (exact) mass is 353 g/mol. The second kappa shape index (κ2) is 7.93. The van der Waals surface area contributed by atoms with E-state index in [9.17, 15) is 9.59 Å². The van der Waals surface area contributed by atoms with Crippen molar-refractivity contribution in [1.29, 1.82) is 0 Å². The van der Waals surface area contributed by atoms with Gasteiger partial charge in [0.25, 0.3) is 11.8 Å². The molecule has 8 heteroatoms. The van der Waals surface area contributed by atoms with Crippen molar-refractivity contribution in [2.75, 3.05) is 6.61 Å². The van der Waals surface area contributed by atoms with Gasteiger partial charge in [-0.05, 0) is 36.4 Å². The lowest BCUT2D eigenvalue weighted by Crippen LogP contribution is -2.20. The van der Waals surface area contributed by atoms with Gasteiger partial charge in [-0.3, -0.25) is 4.79 Å². The van der Waals surface area contributed by atoms with E-state index < -0.39 is 11.9 Å². The maximum absolute atomic E-state index is 12.0. The Morgan fingerprint density at radius 3 is 2.42 bits per heavy atom. The van der Waals surface area contributed by atoms with Crippen LogP contribution in [0.3, 0.4) is 0 Å². The van der Waals surface area contributed by atoms with E-state index in [1.165, 1.54) is 12.1 Å². The molecular weight excluding hydrogens is 338 g/mol. The quantitative estimate of drug-likeness (QED) is 0.645. The highest BCUT2D eigenvalue weighted by atomic mass is 16.5. The Labute approximate surface area is 148 Å². The van der Waals surface area contributed by atoms with Crippen molar-refractivity contribution >= 4 is 11.9 Å². The van der Waals surface area contributed by atoms with Crippen LogP contribution in [0.25, 0.3) is 11.5 Å². The first-order valence-electron chi connectivity index (χ1n) is 7.68. The summed E-state index contributed by atoms with van der Waals surface area (Å²) >= 11 is 0. The molecule has 0 spiro atoms. The molecule has 0 saturated carbocycles. The van der Waals surface area contributed by atoms with Gasteiger partial charge in [0.1, 0.15) is 5.75 Å². The molecule has 2 N–H and O–H groups in total. The van der Waals surface area contributed by atoms with Gasteiger partial charge in [-0.2, -0.15) is 0 Å². The van der Waals surface area contributed by atoms with Crippen molar-refractivity contribution in [3.8, 4) is 17.2 Å². The van der Waals surface area contributed by atoms with Crippen molar-refractivity contribution in [2.45, 2.75) is 6.61 Å². The van der Waals surface area contributed by atoms with Crippen LogP contribution in [0.4, 0.5) is 0 Å². The minimum absolute atomic E-state index is 0.140. The molecule has 0 aliphatic rings. The summed E-state index contributed by atoms with van der Waals surface area (Å²) in [5.41, 5.74) is 6.09.